The number of benzene rings is 2. The third-order valence-electron chi connectivity index (χ3n) is 4.91. The quantitative estimate of drug-likeness (QED) is 0.511. The topological polar surface area (TPSA) is 89.5 Å². The summed E-state index contributed by atoms with van der Waals surface area (Å²) in [6.45, 7) is 1.70. The molecule has 1 N–H and O–H groups in total. The van der Waals surface area contributed by atoms with Crippen LogP contribution in [0.15, 0.2) is 48.5 Å². The molecule has 0 aliphatic heterocycles. The Morgan fingerprint density at radius 1 is 1.26 bits per heavy atom. The van der Waals surface area contributed by atoms with E-state index >= 15 is 0 Å². The average Bonchev–Trinajstić information content (AvgIpc) is 2.66. The second-order valence-corrected chi connectivity index (χ2v) is 9.36. The molecule has 2 aromatic carbocycles. The summed E-state index contributed by atoms with van der Waals surface area (Å²) >= 11 is 6.25. The van der Waals surface area contributed by atoms with Gasteiger partial charge >= 0.3 is 5.97 Å². The maximum Gasteiger partial charge on any atom is 0.317 e. The lowest BCUT2D eigenvalue weighted by molar-refractivity contribution is -0.151. The maximum atomic E-state index is 14.7. The predicted molar refractivity (Wildman–Crippen MR) is 117 cm³/mol. The third kappa shape index (κ3) is 5.32. The first-order chi connectivity index (χ1) is 14.6. The summed E-state index contributed by atoms with van der Waals surface area (Å²) in [5, 5.41) is 0.112. The van der Waals surface area contributed by atoms with Crippen LogP contribution in [0.5, 0.6) is 0 Å². The van der Waals surface area contributed by atoms with Gasteiger partial charge in [-0.15, -0.1) is 0 Å². The molecule has 1 aliphatic carbocycles. The van der Waals surface area contributed by atoms with Crippen molar-refractivity contribution < 1.29 is 27.1 Å². The number of hydrogen-bond donors (Lipinski definition) is 1. The summed E-state index contributed by atoms with van der Waals surface area (Å²) in [6, 6.07) is 10.7. The Labute approximate surface area is 185 Å². The number of ketones is 1. The number of esters is 1. The van der Waals surface area contributed by atoms with Gasteiger partial charge in [-0.3, -0.25) is 14.3 Å². The molecule has 3 rings (SSSR count). The lowest BCUT2D eigenvalue weighted by Crippen LogP contribution is -2.34. The normalized spacial score (nSPS) is 19.0. The Kier molecular flexibility index (Phi) is 6.81. The van der Waals surface area contributed by atoms with Crippen molar-refractivity contribution >= 4 is 44.6 Å². The smallest absolute Gasteiger partial charge is 0.317 e. The van der Waals surface area contributed by atoms with Crippen LogP contribution < -0.4 is 4.72 Å². The van der Waals surface area contributed by atoms with Gasteiger partial charge in [0.25, 0.3) is 0 Å². The molecule has 1 aliphatic rings. The van der Waals surface area contributed by atoms with Crippen molar-refractivity contribution in [1.82, 2.24) is 0 Å². The summed E-state index contributed by atoms with van der Waals surface area (Å²) < 4.78 is 45.3. The van der Waals surface area contributed by atoms with Gasteiger partial charge in [0.05, 0.1) is 12.9 Å². The molecule has 0 radical (unpaired) electrons. The predicted octanol–water partition coefficient (Wildman–Crippen LogP) is 4.17. The first-order valence-electron chi connectivity index (χ1n) is 9.54. The van der Waals surface area contributed by atoms with Gasteiger partial charge in [-0.05, 0) is 54.8 Å². The number of rotatable bonds is 6. The zero-order chi connectivity index (χ0) is 22.8. The highest BCUT2D eigenvalue weighted by molar-refractivity contribution is 7.92. The van der Waals surface area contributed by atoms with E-state index in [0.717, 1.165) is 6.26 Å². The first-order valence-corrected chi connectivity index (χ1v) is 11.8. The first kappa shape index (κ1) is 23.0. The SMILES string of the molecule is CCOC(=O)C1C(=O)C=C(c2cccc(NS(C)(=O)=O)c2)CC1c1c(F)cccc1Cl. The van der Waals surface area contributed by atoms with E-state index in [9.17, 15) is 22.4 Å². The average molecular weight is 466 g/mol. The van der Waals surface area contributed by atoms with E-state index in [1.807, 2.05) is 0 Å². The number of sulfonamides is 1. The van der Waals surface area contributed by atoms with Gasteiger partial charge in [0.2, 0.25) is 10.0 Å². The lowest BCUT2D eigenvalue weighted by atomic mass is 9.73. The minimum atomic E-state index is -3.49. The molecule has 2 unspecified atom stereocenters. The van der Waals surface area contributed by atoms with Crippen LogP contribution in [0.3, 0.4) is 0 Å². The Morgan fingerprint density at radius 3 is 2.61 bits per heavy atom. The fourth-order valence-corrected chi connectivity index (χ4v) is 4.58. The molecular weight excluding hydrogens is 445 g/mol. The monoisotopic (exact) mass is 465 g/mol. The van der Waals surface area contributed by atoms with Crippen molar-refractivity contribution in [2.75, 3.05) is 17.6 Å². The van der Waals surface area contributed by atoms with Gasteiger partial charge in [0, 0.05) is 22.2 Å². The maximum absolute atomic E-state index is 14.7. The molecule has 0 bridgehead atoms. The minimum absolute atomic E-state index is 0.0755. The van der Waals surface area contributed by atoms with Gasteiger partial charge in [0.1, 0.15) is 11.7 Å². The van der Waals surface area contributed by atoms with E-state index in [-0.39, 0.29) is 23.6 Å². The summed E-state index contributed by atoms with van der Waals surface area (Å²) in [5.41, 5.74) is 1.50. The van der Waals surface area contributed by atoms with Crippen molar-refractivity contribution in [2.45, 2.75) is 19.3 Å². The van der Waals surface area contributed by atoms with E-state index in [1.165, 1.54) is 24.3 Å². The van der Waals surface area contributed by atoms with Gasteiger partial charge < -0.3 is 4.74 Å². The van der Waals surface area contributed by atoms with Crippen LogP contribution in [-0.4, -0.2) is 33.0 Å². The second kappa shape index (κ2) is 9.20. The number of carbonyl (C=O) groups excluding carboxylic acids is 2. The van der Waals surface area contributed by atoms with Crippen molar-refractivity contribution in [3.05, 3.63) is 70.5 Å². The summed E-state index contributed by atoms with van der Waals surface area (Å²) in [5.74, 6) is -3.97. The van der Waals surface area contributed by atoms with E-state index in [1.54, 1.807) is 31.2 Å². The van der Waals surface area contributed by atoms with Gasteiger partial charge in [-0.25, -0.2) is 12.8 Å². The zero-order valence-corrected chi connectivity index (χ0v) is 18.5. The zero-order valence-electron chi connectivity index (χ0n) is 16.9. The highest BCUT2D eigenvalue weighted by Crippen LogP contribution is 2.43. The standard InChI is InChI=1S/C22H21ClFNO5S/c1-3-30-22(27)21-16(20-17(23)8-5-9-18(20)24)11-14(12-19(21)26)13-6-4-7-15(10-13)25-31(2,28)29/h4-10,12,16,21,25H,3,11H2,1-2H3. The number of nitrogens with one attached hydrogen (secondary N) is 1. The molecule has 9 heteroatoms. The molecule has 2 atom stereocenters. The van der Waals surface area contributed by atoms with Crippen LogP contribution in [-0.2, 0) is 24.3 Å². The van der Waals surface area contributed by atoms with Crippen molar-refractivity contribution in [1.29, 1.82) is 0 Å². The van der Waals surface area contributed by atoms with E-state index in [4.69, 9.17) is 16.3 Å². The number of ether oxygens (including phenoxy) is 1. The van der Waals surface area contributed by atoms with Gasteiger partial charge in [-0.1, -0.05) is 29.8 Å². The van der Waals surface area contributed by atoms with Crippen LogP contribution in [0.4, 0.5) is 10.1 Å². The van der Waals surface area contributed by atoms with Crippen molar-refractivity contribution in [3.8, 4) is 0 Å². The van der Waals surface area contributed by atoms with Crippen LogP contribution in [0, 0.1) is 11.7 Å². The molecule has 0 aromatic heterocycles. The number of allylic oxidation sites excluding steroid dienone is 2. The summed E-state index contributed by atoms with van der Waals surface area (Å²) in [6.07, 6.45) is 2.49. The third-order valence-corrected chi connectivity index (χ3v) is 5.85. The van der Waals surface area contributed by atoms with E-state index in [0.29, 0.717) is 16.8 Å². The second-order valence-electron chi connectivity index (χ2n) is 7.20. The largest absolute Gasteiger partial charge is 0.465 e. The van der Waals surface area contributed by atoms with Crippen LogP contribution in [0.1, 0.15) is 30.4 Å². The molecule has 0 saturated heterocycles. The van der Waals surface area contributed by atoms with Crippen molar-refractivity contribution in [2.24, 2.45) is 5.92 Å². The van der Waals surface area contributed by atoms with Crippen LogP contribution in [0.25, 0.3) is 5.57 Å². The summed E-state index contributed by atoms with van der Waals surface area (Å²) in [4.78, 5) is 25.5. The molecule has 0 fully saturated rings. The number of halogens is 2. The van der Waals surface area contributed by atoms with Gasteiger partial charge in [-0.2, -0.15) is 0 Å². The van der Waals surface area contributed by atoms with Crippen LogP contribution >= 0.6 is 11.6 Å². The molecule has 31 heavy (non-hydrogen) atoms. The molecule has 0 saturated carbocycles. The Morgan fingerprint density at radius 2 is 1.97 bits per heavy atom. The number of hydrogen-bond acceptors (Lipinski definition) is 5. The van der Waals surface area contributed by atoms with Gasteiger partial charge in [0.15, 0.2) is 5.78 Å². The molecule has 0 heterocycles. The Bertz CT molecular complexity index is 1140. The number of anilines is 1. The molecule has 6 nitrogen and oxygen atoms in total. The lowest BCUT2D eigenvalue weighted by Gasteiger charge is -2.30. The highest BCUT2D eigenvalue weighted by Gasteiger charge is 2.41. The van der Waals surface area contributed by atoms with E-state index in [2.05, 4.69) is 4.72 Å². The van der Waals surface area contributed by atoms with Crippen molar-refractivity contribution in [3.63, 3.8) is 0 Å². The fraction of sp³-hybridized carbons (Fsp3) is 0.273. The Hall–Kier alpha value is -2.71. The minimum Gasteiger partial charge on any atom is -0.465 e. The van der Waals surface area contributed by atoms with E-state index < -0.39 is 39.4 Å². The Balaban J connectivity index is 2.07. The molecule has 2 aromatic rings. The molecule has 0 amide bonds. The fourth-order valence-electron chi connectivity index (χ4n) is 3.72. The highest BCUT2D eigenvalue weighted by atomic mass is 35.5. The molecular formula is C22H21ClFNO5S. The molecule has 164 valence electrons. The van der Waals surface area contributed by atoms with Crippen LogP contribution in [0.2, 0.25) is 5.02 Å². The summed E-state index contributed by atoms with van der Waals surface area (Å²) in [7, 11) is -3.49. The molecule has 0 spiro atoms. The number of carbonyl (C=O) groups is 2.